The van der Waals surface area contributed by atoms with E-state index < -0.39 is 11.7 Å². The summed E-state index contributed by atoms with van der Waals surface area (Å²) in [7, 11) is 3.44. The second-order valence-corrected chi connectivity index (χ2v) is 7.81. The number of halogens is 3. The molecule has 2 aromatic carbocycles. The van der Waals surface area contributed by atoms with Crippen molar-refractivity contribution < 1.29 is 13.2 Å². The summed E-state index contributed by atoms with van der Waals surface area (Å²) < 4.78 is 41.8. The van der Waals surface area contributed by atoms with Crippen LogP contribution in [0.5, 0.6) is 0 Å². The zero-order chi connectivity index (χ0) is 23.3. The minimum atomic E-state index is -4.49. The maximum Gasteiger partial charge on any atom is 0.417 e. The summed E-state index contributed by atoms with van der Waals surface area (Å²) in [6, 6.07) is 14.5. The fraction of sp³-hybridized carbons (Fsp3) is 0.360. The first-order chi connectivity index (χ1) is 15.2. The maximum absolute atomic E-state index is 13.9. The van der Waals surface area contributed by atoms with E-state index in [-0.39, 0.29) is 5.56 Å². The first kappa shape index (κ1) is 23.6. The van der Waals surface area contributed by atoms with Gasteiger partial charge in [0.2, 0.25) is 0 Å². The highest BCUT2D eigenvalue weighted by Crippen LogP contribution is 2.39. The Bertz CT molecular complexity index is 1050. The quantitative estimate of drug-likeness (QED) is 0.464. The molecule has 1 N–H and O–H groups in total. The van der Waals surface area contributed by atoms with E-state index in [0.717, 1.165) is 6.42 Å². The second-order valence-electron chi connectivity index (χ2n) is 7.81. The molecule has 0 bridgehead atoms. The molecule has 3 aromatic rings. The lowest BCUT2D eigenvalue weighted by Crippen LogP contribution is -2.15. The molecule has 3 rings (SSSR count). The van der Waals surface area contributed by atoms with Gasteiger partial charge in [0.1, 0.15) is 5.82 Å². The van der Waals surface area contributed by atoms with Crippen LogP contribution in [0.2, 0.25) is 0 Å². The van der Waals surface area contributed by atoms with Gasteiger partial charge in [0.05, 0.1) is 22.6 Å². The van der Waals surface area contributed by atoms with E-state index in [9.17, 15) is 13.2 Å². The van der Waals surface area contributed by atoms with Crippen molar-refractivity contribution in [2.75, 3.05) is 30.9 Å². The molecule has 0 aliphatic rings. The van der Waals surface area contributed by atoms with Gasteiger partial charge in [-0.3, -0.25) is 0 Å². The minimum absolute atomic E-state index is 0.0676. The summed E-state index contributed by atoms with van der Waals surface area (Å²) in [6.07, 6.45) is -2.63. The first-order valence-electron chi connectivity index (χ1n) is 10.8. The van der Waals surface area contributed by atoms with Crippen LogP contribution in [0.1, 0.15) is 36.4 Å². The van der Waals surface area contributed by atoms with Crippen molar-refractivity contribution in [2.24, 2.45) is 0 Å². The molecule has 7 heteroatoms. The number of hydrogen-bond donors (Lipinski definition) is 1. The molecule has 0 saturated heterocycles. The van der Waals surface area contributed by atoms with Crippen LogP contribution < -0.4 is 10.2 Å². The van der Waals surface area contributed by atoms with Crippen LogP contribution in [0.25, 0.3) is 11.3 Å². The molecule has 4 nitrogen and oxygen atoms in total. The van der Waals surface area contributed by atoms with Gasteiger partial charge in [-0.2, -0.15) is 13.2 Å². The van der Waals surface area contributed by atoms with E-state index in [1.807, 2.05) is 32.0 Å². The fourth-order valence-corrected chi connectivity index (χ4v) is 3.58. The summed E-state index contributed by atoms with van der Waals surface area (Å²) >= 11 is 0. The fourth-order valence-electron chi connectivity index (χ4n) is 3.58. The van der Waals surface area contributed by atoms with Crippen molar-refractivity contribution in [2.45, 2.75) is 39.3 Å². The summed E-state index contributed by atoms with van der Waals surface area (Å²) in [5.41, 5.74) is 2.58. The molecule has 1 aromatic heterocycles. The van der Waals surface area contributed by atoms with Gasteiger partial charge in [0, 0.05) is 31.9 Å². The number of benzene rings is 2. The summed E-state index contributed by atoms with van der Waals surface area (Å²) in [4.78, 5) is 11.0. The van der Waals surface area contributed by atoms with Crippen LogP contribution in [0.4, 0.5) is 24.7 Å². The largest absolute Gasteiger partial charge is 0.417 e. The molecule has 32 heavy (non-hydrogen) atoms. The van der Waals surface area contributed by atoms with Gasteiger partial charge in [0.15, 0.2) is 0 Å². The zero-order valence-electron chi connectivity index (χ0n) is 18.9. The van der Waals surface area contributed by atoms with E-state index in [2.05, 4.69) is 22.4 Å². The lowest BCUT2D eigenvalue weighted by Gasteiger charge is -2.20. The minimum Gasteiger partial charge on any atom is -0.378 e. The highest BCUT2D eigenvalue weighted by atomic mass is 19.4. The van der Waals surface area contributed by atoms with Gasteiger partial charge in [-0.05, 0) is 37.0 Å². The lowest BCUT2D eigenvalue weighted by molar-refractivity contribution is -0.137. The number of aromatic nitrogens is 2. The normalized spacial score (nSPS) is 11.5. The number of nitrogens with zero attached hydrogens (tertiary/aromatic N) is 3. The average molecular weight is 443 g/mol. The van der Waals surface area contributed by atoms with Crippen LogP contribution in [0, 0.1) is 0 Å². The Labute approximate surface area is 187 Å². The molecule has 1 heterocycles. The SMILES string of the molecule is CCc1nc(-c2ccc(N(C)C)cc2C(F)(F)F)c(CC)nc1NCCc1ccccc1. The third kappa shape index (κ3) is 5.39. The second kappa shape index (κ2) is 10.0. The van der Waals surface area contributed by atoms with Crippen LogP contribution in [-0.4, -0.2) is 30.6 Å². The van der Waals surface area contributed by atoms with E-state index >= 15 is 0 Å². The number of anilines is 2. The smallest absolute Gasteiger partial charge is 0.378 e. The van der Waals surface area contributed by atoms with Crippen LogP contribution >= 0.6 is 0 Å². The van der Waals surface area contributed by atoms with Crippen LogP contribution in [-0.2, 0) is 25.4 Å². The molecule has 0 unspecified atom stereocenters. The number of rotatable bonds is 8. The predicted octanol–water partition coefficient (Wildman–Crippen LogP) is 6.01. The van der Waals surface area contributed by atoms with E-state index in [1.165, 1.54) is 17.7 Å². The number of hydrogen-bond acceptors (Lipinski definition) is 4. The predicted molar refractivity (Wildman–Crippen MR) is 124 cm³/mol. The van der Waals surface area contributed by atoms with Crippen molar-refractivity contribution >= 4 is 11.5 Å². The molecule has 0 amide bonds. The Kier molecular flexibility index (Phi) is 7.38. The summed E-state index contributed by atoms with van der Waals surface area (Å²) in [6.45, 7) is 4.48. The van der Waals surface area contributed by atoms with Crippen molar-refractivity contribution in [3.63, 3.8) is 0 Å². The van der Waals surface area contributed by atoms with Gasteiger partial charge in [-0.25, -0.2) is 9.97 Å². The summed E-state index contributed by atoms with van der Waals surface area (Å²) in [5, 5.41) is 3.33. The molecule has 0 fully saturated rings. The molecule has 0 aliphatic carbocycles. The van der Waals surface area contributed by atoms with Gasteiger partial charge in [-0.15, -0.1) is 0 Å². The standard InChI is InChI=1S/C25H29F3N4/c1-5-21-23(19-13-12-18(32(3)4)16-20(19)25(26,27)28)30-22(6-2)24(31-21)29-15-14-17-10-8-7-9-11-17/h7-13,16H,5-6,14-15H2,1-4H3,(H,29,31). The van der Waals surface area contributed by atoms with Crippen molar-refractivity contribution in [1.82, 2.24) is 9.97 Å². The lowest BCUT2D eigenvalue weighted by atomic mass is 9.99. The molecular weight excluding hydrogens is 413 g/mol. The van der Waals surface area contributed by atoms with E-state index in [1.54, 1.807) is 25.1 Å². The van der Waals surface area contributed by atoms with Crippen LogP contribution in [0.15, 0.2) is 48.5 Å². The molecule has 0 aliphatic heterocycles. The number of alkyl halides is 3. The molecular formula is C25H29F3N4. The molecule has 0 radical (unpaired) electrons. The van der Waals surface area contributed by atoms with Crippen molar-refractivity contribution in [3.05, 3.63) is 71.0 Å². The molecule has 170 valence electrons. The molecule has 0 atom stereocenters. The highest BCUT2D eigenvalue weighted by Gasteiger charge is 2.35. The molecule has 0 saturated carbocycles. The van der Waals surface area contributed by atoms with Gasteiger partial charge < -0.3 is 10.2 Å². The number of aryl methyl sites for hydroxylation is 2. The topological polar surface area (TPSA) is 41.1 Å². The third-order valence-electron chi connectivity index (χ3n) is 5.34. The Balaban J connectivity index is 1.99. The Morgan fingerprint density at radius 2 is 1.59 bits per heavy atom. The van der Waals surface area contributed by atoms with Gasteiger partial charge in [-0.1, -0.05) is 50.2 Å². The zero-order valence-corrected chi connectivity index (χ0v) is 18.9. The van der Waals surface area contributed by atoms with Gasteiger partial charge in [0.25, 0.3) is 0 Å². The van der Waals surface area contributed by atoms with Crippen LogP contribution in [0.3, 0.4) is 0 Å². The third-order valence-corrected chi connectivity index (χ3v) is 5.34. The van der Waals surface area contributed by atoms with Crippen molar-refractivity contribution in [3.8, 4) is 11.3 Å². The highest BCUT2D eigenvalue weighted by molar-refractivity contribution is 5.71. The first-order valence-corrected chi connectivity index (χ1v) is 10.8. The van der Waals surface area contributed by atoms with Crippen molar-refractivity contribution in [1.29, 1.82) is 0 Å². The summed E-state index contributed by atoms with van der Waals surface area (Å²) in [5.74, 6) is 0.641. The maximum atomic E-state index is 13.9. The molecule has 0 spiro atoms. The Hall–Kier alpha value is -3.09. The van der Waals surface area contributed by atoms with Gasteiger partial charge >= 0.3 is 6.18 Å². The average Bonchev–Trinajstić information content (AvgIpc) is 2.78. The Morgan fingerprint density at radius 3 is 2.19 bits per heavy atom. The van der Waals surface area contributed by atoms with E-state index in [4.69, 9.17) is 4.98 Å². The Morgan fingerprint density at radius 1 is 0.906 bits per heavy atom. The van der Waals surface area contributed by atoms with E-state index in [0.29, 0.717) is 48.0 Å². The number of nitrogens with one attached hydrogen (secondary N) is 1. The monoisotopic (exact) mass is 442 g/mol.